The van der Waals surface area contributed by atoms with E-state index in [9.17, 15) is 14.7 Å². The van der Waals surface area contributed by atoms with E-state index in [4.69, 9.17) is 0 Å². The topological polar surface area (TPSA) is 60.4 Å². The van der Waals surface area contributed by atoms with Crippen LogP contribution in [0, 0.1) is 5.92 Å². The van der Waals surface area contributed by atoms with E-state index < -0.39 is 12.0 Å². The van der Waals surface area contributed by atoms with Crippen LogP contribution in [0.4, 0.5) is 0 Å². The molecule has 26 heavy (non-hydrogen) atoms. The number of carboxylic acid groups (broad SMARTS) is 1. The lowest BCUT2D eigenvalue weighted by Gasteiger charge is -2.36. The van der Waals surface area contributed by atoms with Crippen LogP contribution >= 0.6 is 11.8 Å². The average Bonchev–Trinajstić information content (AvgIpc) is 3.06. The number of carboxylic acids is 1. The molecule has 1 heterocycles. The molecule has 0 unspecified atom stereocenters. The fourth-order valence-electron chi connectivity index (χ4n) is 4.01. The molecule has 1 aliphatic carbocycles. The summed E-state index contributed by atoms with van der Waals surface area (Å²) in [5.74, 6) is -0.512. The lowest BCUT2D eigenvalue weighted by molar-refractivity contribution is -0.310. The van der Waals surface area contributed by atoms with Crippen molar-refractivity contribution in [1.29, 1.82) is 0 Å². The van der Waals surface area contributed by atoms with Crippen molar-refractivity contribution in [3.05, 3.63) is 35.4 Å². The highest BCUT2D eigenvalue weighted by atomic mass is 32.2. The van der Waals surface area contributed by atoms with E-state index in [1.165, 1.54) is 19.3 Å². The Labute approximate surface area is 160 Å². The maximum atomic E-state index is 13.2. The fraction of sp³-hybridized carbons (Fsp3) is 0.619. The van der Waals surface area contributed by atoms with Crippen molar-refractivity contribution < 1.29 is 14.7 Å². The van der Waals surface area contributed by atoms with Gasteiger partial charge in [-0.1, -0.05) is 52.2 Å². The highest BCUT2D eigenvalue weighted by molar-refractivity contribution is 8.00. The van der Waals surface area contributed by atoms with Crippen LogP contribution < -0.4 is 5.11 Å². The second-order valence-electron chi connectivity index (χ2n) is 8.50. The van der Waals surface area contributed by atoms with Crippen molar-refractivity contribution in [2.75, 3.05) is 5.75 Å². The zero-order valence-corrected chi connectivity index (χ0v) is 16.7. The zero-order valence-electron chi connectivity index (χ0n) is 15.9. The van der Waals surface area contributed by atoms with Crippen LogP contribution in [-0.4, -0.2) is 33.9 Å². The quantitative estimate of drug-likeness (QED) is 0.815. The van der Waals surface area contributed by atoms with Crippen molar-refractivity contribution in [3.8, 4) is 0 Å². The molecule has 2 fully saturated rings. The average molecular weight is 375 g/mol. The summed E-state index contributed by atoms with van der Waals surface area (Å²) in [4.78, 5) is 26.4. The maximum Gasteiger partial charge on any atom is 0.255 e. The molecule has 1 amide bonds. The number of hydrogen-bond donors (Lipinski definition) is 0. The van der Waals surface area contributed by atoms with E-state index in [2.05, 4.69) is 20.8 Å². The Morgan fingerprint density at radius 2 is 1.69 bits per heavy atom. The van der Waals surface area contributed by atoms with Gasteiger partial charge in [-0.05, 0) is 41.9 Å². The minimum Gasteiger partial charge on any atom is -0.548 e. The molecular formula is C21H28NO3S-. The molecule has 2 aliphatic rings. The van der Waals surface area contributed by atoms with Gasteiger partial charge in [0.2, 0.25) is 0 Å². The first kappa shape index (κ1) is 19.3. The molecule has 0 radical (unpaired) electrons. The highest BCUT2D eigenvalue weighted by Crippen LogP contribution is 2.41. The molecule has 3 rings (SSSR count). The Bertz CT molecular complexity index is 659. The predicted octanol–water partition coefficient (Wildman–Crippen LogP) is 3.20. The van der Waals surface area contributed by atoms with Crippen LogP contribution in [0.15, 0.2) is 24.3 Å². The number of rotatable bonds is 3. The SMILES string of the molecule is CC(C)(C)c1ccc(C(=O)N2[C@@H](C(=O)[O-])CS[C@@H]2C2CCCCC2)cc1. The van der Waals surface area contributed by atoms with Crippen LogP contribution in [0.3, 0.4) is 0 Å². The summed E-state index contributed by atoms with van der Waals surface area (Å²) < 4.78 is 0. The summed E-state index contributed by atoms with van der Waals surface area (Å²) in [5, 5.41) is 11.6. The van der Waals surface area contributed by atoms with Gasteiger partial charge in [0.1, 0.15) is 0 Å². The number of carbonyl (C=O) groups is 2. The van der Waals surface area contributed by atoms with Gasteiger partial charge < -0.3 is 14.8 Å². The fourth-order valence-corrected chi connectivity index (χ4v) is 5.63. The number of nitrogens with zero attached hydrogens (tertiary/aromatic N) is 1. The van der Waals surface area contributed by atoms with E-state index in [0.717, 1.165) is 18.4 Å². The van der Waals surface area contributed by atoms with Crippen molar-refractivity contribution in [2.24, 2.45) is 5.92 Å². The highest BCUT2D eigenvalue weighted by Gasteiger charge is 2.42. The first-order valence-electron chi connectivity index (χ1n) is 9.54. The van der Waals surface area contributed by atoms with Crippen molar-refractivity contribution in [1.82, 2.24) is 4.90 Å². The molecule has 1 aliphatic heterocycles. The summed E-state index contributed by atoms with van der Waals surface area (Å²) in [7, 11) is 0. The van der Waals surface area contributed by atoms with Gasteiger partial charge >= 0.3 is 0 Å². The molecule has 1 saturated carbocycles. The smallest absolute Gasteiger partial charge is 0.255 e. The molecule has 0 N–H and O–H groups in total. The Morgan fingerprint density at radius 1 is 1.08 bits per heavy atom. The third kappa shape index (κ3) is 3.93. The van der Waals surface area contributed by atoms with Gasteiger partial charge in [-0.2, -0.15) is 0 Å². The molecule has 1 saturated heterocycles. The number of thioether (sulfide) groups is 1. The summed E-state index contributed by atoms with van der Waals surface area (Å²) in [6.07, 6.45) is 5.72. The first-order chi connectivity index (χ1) is 12.3. The minimum atomic E-state index is -1.14. The van der Waals surface area contributed by atoms with Gasteiger partial charge in [-0.15, -0.1) is 11.8 Å². The predicted molar refractivity (Wildman–Crippen MR) is 103 cm³/mol. The third-order valence-corrected chi connectivity index (χ3v) is 7.05. The molecule has 0 spiro atoms. The molecule has 1 aromatic rings. The molecule has 4 nitrogen and oxygen atoms in total. The van der Waals surface area contributed by atoms with E-state index in [0.29, 0.717) is 17.2 Å². The molecule has 2 atom stereocenters. The summed E-state index contributed by atoms with van der Waals surface area (Å²) in [6, 6.07) is 6.77. The number of benzene rings is 1. The Hall–Kier alpha value is -1.49. The van der Waals surface area contributed by atoms with E-state index in [1.54, 1.807) is 16.7 Å². The maximum absolute atomic E-state index is 13.2. The standard InChI is InChI=1S/C21H29NO3S/c1-21(2,3)16-11-9-14(10-12-16)18(23)22-17(20(24)25)13-26-19(22)15-7-5-4-6-8-15/h9-12,15,17,19H,4-8,13H2,1-3H3,(H,24,25)/p-1/t17-,19-/m1/s1. The van der Waals surface area contributed by atoms with Gasteiger partial charge in [-0.3, -0.25) is 4.79 Å². The Balaban J connectivity index is 1.86. The van der Waals surface area contributed by atoms with E-state index >= 15 is 0 Å². The molecule has 0 bridgehead atoms. The molecule has 5 heteroatoms. The van der Waals surface area contributed by atoms with Gasteiger partial charge in [0.05, 0.1) is 17.4 Å². The van der Waals surface area contributed by atoms with Crippen LogP contribution in [0.2, 0.25) is 0 Å². The van der Waals surface area contributed by atoms with Gasteiger partial charge in [0.25, 0.3) is 5.91 Å². The molecule has 1 aromatic carbocycles. The summed E-state index contributed by atoms with van der Waals surface area (Å²) in [5.41, 5.74) is 1.74. The van der Waals surface area contributed by atoms with Crippen molar-refractivity contribution >= 4 is 23.6 Å². The third-order valence-electron chi connectivity index (χ3n) is 5.59. The zero-order chi connectivity index (χ0) is 18.9. The minimum absolute atomic E-state index is 0.0171. The summed E-state index contributed by atoms with van der Waals surface area (Å²) >= 11 is 1.61. The molecule has 0 aromatic heterocycles. The van der Waals surface area contributed by atoms with Crippen LogP contribution in [0.1, 0.15) is 68.8 Å². The van der Waals surface area contributed by atoms with E-state index in [1.807, 2.05) is 24.3 Å². The van der Waals surface area contributed by atoms with Crippen molar-refractivity contribution in [3.63, 3.8) is 0 Å². The Morgan fingerprint density at radius 3 is 2.23 bits per heavy atom. The van der Waals surface area contributed by atoms with Crippen LogP contribution in [0.25, 0.3) is 0 Å². The second-order valence-corrected chi connectivity index (χ2v) is 9.65. The van der Waals surface area contributed by atoms with Gasteiger partial charge in [0.15, 0.2) is 0 Å². The lowest BCUT2D eigenvalue weighted by Crippen LogP contribution is -2.52. The summed E-state index contributed by atoms with van der Waals surface area (Å²) in [6.45, 7) is 6.39. The normalized spacial score (nSPS) is 24.7. The number of amides is 1. The van der Waals surface area contributed by atoms with Gasteiger partial charge in [-0.25, -0.2) is 0 Å². The van der Waals surface area contributed by atoms with Crippen molar-refractivity contribution in [2.45, 2.75) is 69.7 Å². The van der Waals surface area contributed by atoms with Crippen LogP contribution in [-0.2, 0) is 10.2 Å². The van der Waals surface area contributed by atoms with Crippen LogP contribution in [0.5, 0.6) is 0 Å². The first-order valence-corrected chi connectivity index (χ1v) is 10.6. The second kappa shape index (κ2) is 7.63. The van der Waals surface area contributed by atoms with E-state index in [-0.39, 0.29) is 16.7 Å². The lowest BCUT2D eigenvalue weighted by atomic mass is 9.86. The Kier molecular flexibility index (Phi) is 5.66. The number of carbonyl (C=O) groups excluding carboxylic acids is 2. The largest absolute Gasteiger partial charge is 0.548 e. The molecule has 142 valence electrons. The molecular weight excluding hydrogens is 346 g/mol. The number of aliphatic carboxylic acids is 1. The monoisotopic (exact) mass is 374 g/mol. The van der Waals surface area contributed by atoms with Gasteiger partial charge in [0, 0.05) is 11.3 Å². The number of hydrogen-bond acceptors (Lipinski definition) is 4.